The van der Waals surface area contributed by atoms with Gasteiger partial charge in [0.1, 0.15) is 18.1 Å². The Labute approximate surface area is 118 Å². The van der Waals surface area contributed by atoms with Gasteiger partial charge in [-0.25, -0.2) is 0 Å². The summed E-state index contributed by atoms with van der Waals surface area (Å²) in [5.74, 6) is 1.20. The minimum Gasteiger partial charge on any atom is -0.462 e. The zero-order valence-electron chi connectivity index (χ0n) is 11.0. The van der Waals surface area contributed by atoms with Crippen molar-refractivity contribution in [1.29, 1.82) is 0 Å². The summed E-state index contributed by atoms with van der Waals surface area (Å²) >= 11 is 0. The molecule has 3 rings (SSSR count). The number of benzene rings is 1. The van der Waals surface area contributed by atoms with Crippen molar-refractivity contribution in [3.05, 3.63) is 62.6 Å². The summed E-state index contributed by atoms with van der Waals surface area (Å²) in [4.78, 5) is 27.5. The molecule has 2 heterocycles. The molecule has 7 nitrogen and oxygen atoms in total. The number of rotatable bonds is 4. The van der Waals surface area contributed by atoms with E-state index in [2.05, 4.69) is 15.3 Å². The number of hydrogen-bond donors (Lipinski definition) is 4. The van der Waals surface area contributed by atoms with E-state index in [-0.39, 0.29) is 6.61 Å². The van der Waals surface area contributed by atoms with E-state index in [0.29, 0.717) is 29.1 Å². The van der Waals surface area contributed by atoms with Crippen molar-refractivity contribution in [2.75, 3.05) is 5.32 Å². The summed E-state index contributed by atoms with van der Waals surface area (Å²) in [6.07, 6.45) is 0. The second kappa shape index (κ2) is 5.29. The number of aromatic amines is 2. The van der Waals surface area contributed by atoms with Gasteiger partial charge in [-0.15, -0.1) is 0 Å². The molecular formula is C14H13N3O4. The third-order valence-electron chi connectivity index (χ3n) is 3.06. The molecule has 0 aliphatic rings. The lowest BCUT2D eigenvalue weighted by atomic mass is 10.2. The Hall–Kier alpha value is -2.80. The number of furan rings is 1. The first-order valence-electron chi connectivity index (χ1n) is 6.34. The summed E-state index contributed by atoms with van der Waals surface area (Å²) in [6, 6.07) is 8.70. The van der Waals surface area contributed by atoms with E-state index in [1.54, 1.807) is 30.3 Å². The standard InChI is InChI=1S/C14H13N3O4/c18-7-10-3-2-9(21-10)6-15-8-1-4-11-12(5-8)17-14(20)13(19)16-11/h1-5,15,18H,6-7H2,(H,16,19)(H,17,20). The van der Waals surface area contributed by atoms with Crippen molar-refractivity contribution in [2.45, 2.75) is 13.2 Å². The fraction of sp³-hybridized carbons (Fsp3) is 0.143. The van der Waals surface area contributed by atoms with Crippen molar-refractivity contribution in [1.82, 2.24) is 9.97 Å². The number of H-pyrrole nitrogens is 2. The van der Waals surface area contributed by atoms with Crippen molar-refractivity contribution in [3.8, 4) is 0 Å². The van der Waals surface area contributed by atoms with Crippen LogP contribution in [0.2, 0.25) is 0 Å². The quantitative estimate of drug-likeness (QED) is 0.533. The van der Waals surface area contributed by atoms with Crippen LogP contribution in [0.4, 0.5) is 5.69 Å². The Bertz CT molecular complexity index is 891. The lowest BCUT2D eigenvalue weighted by Gasteiger charge is -2.05. The van der Waals surface area contributed by atoms with Crippen molar-refractivity contribution in [3.63, 3.8) is 0 Å². The molecule has 1 aromatic carbocycles. The first kappa shape index (κ1) is 13.2. The molecule has 0 fully saturated rings. The van der Waals surface area contributed by atoms with Crippen LogP contribution in [0.25, 0.3) is 11.0 Å². The van der Waals surface area contributed by atoms with Crippen LogP contribution in [0.3, 0.4) is 0 Å². The number of aliphatic hydroxyl groups is 1. The largest absolute Gasteiger partial charge is 0.462 e. The fourth-order valence-electron chi connectivity index (χ4n) is 2.02. The number of hydrogen-bond acceptors (Lipinski definition) is 5. The predicted octanol–water partition coefficient (Wildman–Crippen LogP) is 0.914. The maximum Gasteiger partial charge on any atom is 0.314 e. The summed E-state index contributed by atoms with van der Waals surface area (Å²) in [5.41, 5.74) is 0.520. The molecule has 0 atom stereocenters. The molecular weight excluding hydrogens is 274 g/mol. The van der Waals surface area contributed by atoms with Gasteiger partial charge in [-0.2, -0.15) is 0 Å². The van der Waals surface area contributed by atoms with Gasteiger partial charge in [0.25, 0.3) is 0 Å². The van der Waals surface area contributed by atoms with E-state index in [9.17, 15) is 9.59 Å². The van der Waals surface area contributed by atoms with Crippen LogP contribution in [0, 0.1) is 0 Å². The van der Waals surface area contributed by atoms with Crippen molar-refractivity contribution in [2.24, 2.45) is 0 Å². The minimum absolute atomic E-state index is 0.134. The second-order valence-electron chi connectivity index (χ2n) is 4.55. The molecule has 0 amide bonds. The van der Waals surface area contributed by atoms with Crippen LogP contribution in [0.15, 0.2) is 44.3 Å². The smallest absolute Gasteiger partial charge is 0.314 e. The highest BCUT2D eigenvalue weighted by molar-refractivity contribution is 5.78. The van der Waals surface area contributed by atoms with Crippen molar-refractivity contribution < 1.29 is 9.52 Å². The van der Waals surface area contributed by atoms with Gasteiger partial charge in [0.05, 0.1) is 17.6 Å². The topological polar surface area (TPSA) is 111 Å². The monoisotopic (exact) mass is 287 g/mol. The second-order valence-corrected chi connectivity index (χ2v) is 4.55. The maximum absolute atomic E-state index is 11.3. The number of fused-ring (bicyclic) bond motifs is 1. The Balaban J connectivity index is 1.82. The van der Waals surface area contributed by atoms with E-state index in [4.69, 9.17) is 9.52 Å². The highest BCUT2D eigenvalue weighted by atomic mass is 16.4. The Morgan fingerprint density at radius 3 is 2.43 bits per heavy atom. The van der Waals surface area contributed by atoms with E-state index in [0.717, 1.165) is 5.69 Å². The molecule has 21 heavy (non-hydrogen) atoms. The van der Waals surface area contributed by atoms with Crippen molar-refractivity contribution >= 4 is 16.7 Å². The lowest BCUT2D eigenvalue weighted by Crippen LogP contribution is -2.28. The van der Waals surface area contributed by atoms with Gasteiger partial charge in [0.15, 0.2) is 0 Å². The molecule has 2 aromatic heterocycles. The van der Waals surface area contributed by atoms with Crippen LogP contribution < -0.4 is 16.4 Å². The average Bonchev–Trinajstić information content (AvgIpc) is 2.94. The molecule has 0 unspecified atom stereocenters. The van der Waals surface area contributed by atoms with Crippen LogP contribution in [0.5, 0.6) is 0 Å². The molecule has 7 heteroatoms. The third kappa shape index (κ3) is 2.72. The lowest BCUT2D eigenvalue weighted by molar-refractivity contribution is 0.244. The summed E-state index contributed by atoms with van der Waals surface area (Å²) in [6.45, 7) is 0.309. The highest BCUT2D eigenvalue weighted by Gasteiger charge is 2.03. The summed E-state index contributed by atoms with van der Waals surface area (Å²) in [5, 5.41) is 12.1. The molecule has 4 N–H and O–H groups in total. The maximum atomic E-state index is 11.3. The number of aliphatic hydroxyl groups excluding tert-OH is 1. The van der Waals surface area contributed by atoms with Gasteiger partial charge in [-0.1, -0.05) is 0 Å². The van der Waals surface area contributed by atoms with Crippen LogP contribution in [0.1, 0.15) is 11.5 Å². The first-order chi connectivity index (χ1) is 10.2. The van der Waals surface area contributed by atoms with Crippen LogP contribution in [-0.4, -0.2) is 15.1 Å². The SMILES string of the molecule is O=c1[nH]c2ccc(NCc3ccc(CO)o3)cc2[nH]c1=O. The van der Waals surface area contributed by atoms with E-state index >= 15 is 0 Å². The number of nitrogens with one attached hydrogen (secondary N) is 3. The normalized spacial score (nSPS) is 10.9. The molecule has 0 saturated heterocycles. The average molecular weight is 287 g/mol. The van der Waals surface area contributed by atoms with Gasteiger partial charge in [0, 0.05) is 5.69 Å². The zero-order valence-corrected chi connectivity index (χ0v) is 11.0. The molecule has 0 aliphatic heterocycles. The molecule has 0 radical (unpaired) electrons. The Morgan fingerprint density at radius 1 is 1.00 bits per heavy atom. The molecule has 3 aromatic rings. The van der Waals surface area contributed by atoms with E-state index in [1.165, 1.54) is 0 Å². The zero-order chi connectivity index (χ0) is 14.8. The van der Waals surface area contributed by atoms with Gasteiger partial charge in [-0.05, 0) is 30.3 Å². The third-order valence-corrected chi connectivity index (χ3v) is 3.06. The molecule has 0 saturated carbocycles. The minimum atomic E-state index is -0.682. The first-order valence-corrected chi connectivity index (χ1v) is 6.34. The van der Waals surface area contributed by atoms with Gasteiger partial charge < -0.3 is 24.8 Å². The summed E-state index contributed by atoms with van der Waals surface area (Å²) in [7, 11) is 0. The fourth-order valence-corrected chi connectivity index (χ4v) is 2.02. The van der Waals surface area contributed by atoms with Gasteiger partial charge in [-0.3, -0.25) is 9.59 Å². The van der Waals surface area contributed by atoms with Crippen LogP contribution >= 0.6 is 0 Å². The van der Waals surface area contributed by atoms with E-state index < -0.39 is 11.1 Å². The highest BCUT2D eigenvalue weighted by Crippen LogP contribution is 2.15. The molecule has 0 bridgehead atoms. The Kier molecular flexibility index (Phi) is 3.33. The van der Waals surface area contributed by atoms with Gasteiger partial charge in [0.2, 0.25) is 0 Å². The predicted molar refractivity (Wildman–Crippen MR) is 77.1 cm³/mol. The molecule has 0 spiro atoms. The molecule has 0 aliphatic carbocycles. The molecule has 108 valence electrons. The van der Waals surface area contributed by atoms with Crippen LogP contribution in [-0.2, 0) is 13.2 Å². The number of aromatic nitrogens is 2. The van der Waals surface area contributed by atoms with Gasteiger partial charge >= 0.3 is 11.1 Å². The summed E-state index contributed by atoms with van der Waals surface area (Å²) < 4.78 is 5.36. The number of anilines is 1. The Morgan fingerprint density at radius 2 is 1.71 bits per heavy atom. The van der Waals surface area contributed by atoms with E-state index in [1.807, 2.05) is 0 Å².